The van der Waals surface area contributed by atoms with Gasteiger partial charge in [0.05, 0.1) is 40.0 Å². The highest BCUT2D eigenvalue weighted by molar-refractivity contribution is 6.38. The highest BCUT2D eigenvalue weighted by Crippen LogP contribution is 2.37. The van der Waals surface area contributed by atoms with Gasteiger partial charge in [-0.2, -0.15) is 5.10 Å². The van der Waals surface area contributed by atoms with Crippen LogP contribution in [0.1, 0.15) is 20.7 Å². The average molecular weight is 423 g/mol. The Kier molecular flexibility index (Phi) is 4.04. The van der Waals surface area contributed by atoms with Gasteiger partial charge in [-0.1, -0.05) is 11.6 Å². The molecule has 1 N–H and O–H groups in total. The molecule has 4 aromatic rings. The minimum Gasteiger partial charge on any atom is -0.497 e. The number of halogens is 2. The van der Waals surface area contributed by atoms with E-state index in [4.69, 9.17) is 16.3 Å². The van der Waals surface area contributed by atoms with Crippen LogP contribution in [0.2, 0.25) is 5.02 Å². The minimum absolute atomic E-state index is 0.143. The normalized spacial score (nSPS) is 13.2. The number of nitrogens with zero attached hydrogens (tertiary/aromatic N) is 3. The summed E-state index contributed by atoms with van der Waals surface area (Å²) < 4.78 is 18.7. The summed E-state index contributed by atoms with van der Waals surface area (Å²) in [7, 11) is 1.57. The van der Waals surface area contributed by atoms with E-state index in [0.717, 1.165) is 16.5 Å². The molecule has 0 unspecified atom stereocenters. The molecule has 0 saturated heterocycles. The third kappa shape index (κ3) is 2.57. The molecule has 2 amide bonds. The molecule has 30 heavy (non-hydrogen) atoms. The van der Waals surface area contributed by atoms with E-state index < -0.39 is 17.6 Å². The van der Waals surface area contributed by atoms with E-state index >= 15 is 0 Å². The summed E-state index contributed by atoms with van der Waals surface area (Å²) in [4.78, 5) is 31.4. The van der Waals surface area contributed by atoms with Crippen LogP contribution < -0.4 is 9.64 Å². The van der Waals surface area contributed by atoms with Gasteiger partial charge in [0.1, 0.15) is 11.6 Å². The molecule has 0 atom stereocenters. The van der Waals surface area contributed by atoms with Crippen LogP contribution >= 0.6 is 11.6 Å². The van der Waals surface area contributed by atoms with Crippen LogP contribution in [0.5, 0.6) is 5.75 Å². The Morgan fingerprint density at radius 2 is 1.87 bits per heavy atom. The van der Waals surface area contributed by atoms with Crippen LogP contribution in [0.4, 0.5) is 10.1 Å². The molecule has 2 aromatic carbocycles. The molecular formula is C21H12ClFN4O3. The number of methoxy groups -OCH3 is 1. The second kappa shape index (κ2) is 6.64. The first-order valence-corrected chi connectivity index (χ1v) is 9.22. The van der Waals surface area contributed by atoms with E-state index in [1.807, 2.05) is 12.1 Å². The average Bonchev–Trinajstić information content (AvgIpc) is 3.29. The summed E-state index contributed by atoms with van der Waals surface area (Å²) in [5, 5.41) is 7.33. The fraction of sp³-hybridized carbons (Fsp3) is 0.0476. The van der Waals surface area contributed by atoms with Gasteiger partial charge in [-0.05, 0) is 42.5 Å². The van der Waals surface area contributed by atoms with Gasteiger partial charge in [-0.25, -0.2) is 14.3 Å². The summed E-state index contributed by atoms with van der Waals surface area (Å²) in [5.41, 5.74) is 2.11. The third-order valence-electron chi connectivity index (χ3n) is 4.97. The monoisotopic (exact) mass is 422 g/mol. The van der Waals surface area contributed by atoms with Crippen molar-refractivity contribution in [1.82, 2.24) is 15.2 Å². The molecule has 5 rings (SSSR count). The predicted octanol–water partition coefficient (Wildman–Crippen LogP) is 4.23. The van der Waals surface area contributed by atoms with E-state index in [2.05, 4.69) is 15.2 Å². The van der Waals surface area contributed by atoms with E-state index in [0.29, 0.717) is 22.5 Å². The first-order chi connectivity index (χ1) is 14.5. The van der Waals surface area contributed by atoms with Gasteiger partial charge in [-0.3, -0.25) is 14.7 Å². The predicted molar refractivity (Wildman–Crippen MR) is 108 cm³/mol. The van der Waals surface area contributed by atoms with Crippen LogP contribution in [-0.4, -0.2) is 34.1 Å². The van der Waals surface area contributed by atoms with E-state index in [-0.39, 0.29) is 21.8 Å². The molecule has 148 valence electrons. The van der Waals surface area contributed by atoms with Crippen molar-refractivity contribution >= 4 is 40.1 Å². The number of aromatic amines is 1. The Hall–Kier alpha value is -3.78. The van der Waals surface area contributed by atoms with Crippen molar-refractivity contribution in [2.24, 2.45) is 0 Å². The summed E-state index contributed by atoms with van der Waals surface area (Å²) in [5.74, 6) is -1.08. The molecule has 1 aliphatic rings. The number of hydrogen-bond donors (Lipinski definition) is 1. The van der Waals surface area contributed by atoms with Gasteiger partial charge < -0.3 is 4.74 Å². The van der Waals surface area contributed by atoms with Crippen LogP contribution in [0.15, 0.2) is 48.7 Å². The van der Waals surface area contributed by atoms with Gasteiger partial charge in [-0.15, -0.1) is 0 Å². The number of anilines is 1. The lowest BCUT2D eigenvalue weighted by atomic mass is 10.0. The number of fused-ring (bicyclic) bond motifs is 3. The van der Waals surface area contributed by atoms with E-state index in [1.54, 1.807) is 19.2 Å². The summed E-state index contributed by atoms with van der Waals surface area (Å²) in [6, 6.07) is 10.8. The number of imide groups is 1. The van der Waals surface area contributed by atoms with E-state index in [9.17, 15) is 14.0 Å². The Labute approximate surface area is 174 Å². The maximum absolute atomic E-state index is 13.6. The maximum Gasteiger partial charge on any atom is 0.267 e. The molecular weight excluding hydrogens is 411 g/mol. The highest BCUT2D eigenvalue weighted by Gasteiger charge is 2.40. The largest absolute Gasteiger partial charge is 0.497 e. The van der Waals surface area contributed by atoms with E-state index in [1.165, 1.54) is 18.3 Å². The van der Waals surface area contributed by atoms with Crippen LogP contribution in [0.3, 0.4) is 0 Å². The Bertz CT molecular complexity index is 1350. The quantitative estimate of drug-likeness (QED) is 0.499. The van der Waals surface area contributed by atoms with Crippen molar-refractivity contribution < 1.29 is 18.7 Å². The minimum atomic E-state index is -0.641. The molecule has 2 aromatic heterocycles. The second-order valence-electron chi connectivity index (χ2n) is 6.62. The van der Waals surface area contributed by atoms with Crippen molar-refractivity contribution in [3.63, 3.8) is 0 Å². The zero-order chi connectivity index (χ0) is 21.0. The Balaban J connectivity index is 1.69. The number of benzene rings is 2. The number of amides is 2. The number of nitrogens with one attached hydrogen (secondary N) is 1. The zero-order valence-corrected chi connectivity index (χ0v) is 16.2. The molecule has 0 bridgehead atoms. The molecule has 0 radical (unpaired) electrons. The van der Waals surface area contributed by atoms with Gasteiger partial charge >= 0.3 is 0 Å². The number of pyridine rings is 1. The van der Waals surface area contributed by atoms with Gasteiger partial charge in [0, 0.05) is 11.8 Å². The SMILES string of the molecule is COc1ccc(-c2[nH]nc3ncc4c(c23)C(=O)N(c2ccc(F)c(Cl)c2)C4=O)cc1. The smallest absolute Gasteiger partial charge is 0.267 e. The molecule has 1 aliphatic heterocycles. The van der Waals surface area contributed by atoms with Crippen molar-refractivity contribution in [3.05, 3.63) is 70.6 Å². The Morgan fingerprint density at radius 1 is 1.10 bits per heavy atom. The number of carbonyl (C=O) groups excluding carboxylic acids is 2. The molecule has 9 heteroatoms. The fourth-order valence-electron chi connectivity index (χ4n) is 3.52. The molecule has 0 fully saturated rings. The molecule has 0 saturated carbocycles. The van der Waals surface area contributed by atoms with Crippen LogP contribution in [0.25, 0.3) is 22.3 Å². The van der Waals surface area contributed by atoms with Crippen LogP contribution in [0, 0.1) is 5.82 Å². The second-order valence-corrected chi connectivity index (χ2v) is 7.02. The number of carbonyl (C=O) groups is 2. The summed E-state index contributed by atoms with van der Waals surface area (Å²) in [6.07, 6.45) is 1.32. The molecule has 3 heterocycles. The number of H-pyrrole nitrogens is 1. The van der Waals surface area contributed by atoms with Gasteiger partial charge in [0.25, 0.3) is 11.8 Å². The number of rotatable bonds is 3. The van der Waals surface area contributed by atoms with Crippen molar-refractivity contribution in [2.75, 3.05) is 12.0 Å². The zero-order valence-electron chi connectivity index (χ0n) is 15.4. The fourth-order valence-corrected chi connectivity index (χ4v) is 3.70. The van der Waals surface area contributed by atoms with Gasteiger partial charge in [0.2, 0.25) is 0 Å². The lowest BCUT2D eigenvalue weighted by molar-refractivity contribution is 0.0926. The lowest BCUT2D eigenvalue weighted by Gasteiger charge is -2.14. The van der Waals surface area contributed by atoms with Crippen molar-refractivity contribution in [1.29, 1.82) is 0 Å². The van der Waals surface area contributed by atoms with Gasteiger partial charge in [0.15, 0.2) is 5.65 Å². The number of hydrogen-bond acceptors (Lipinski definition) is 5. The topological polar surface area (TPSA) is 88.2 Å². The highest BCUT2D eigenvalue weighted by atomic mass is 35.5. The van der Waals surface area contributed by atoms with Crippen molar-refractivity contribution in [2.45, 2.75) is 0 Å². The summed E-state index contributed by atoms with van der Waals surface area (Å²) >= 11 is 5.84. The molecule has 0 aliphatic carbocycles. The molecule has 0 spiro atoms. The first kappa shape index (κ1) is 18.3. The molecule has 7 nitrogen and oxygen atoms in total. The van der Waals surface area contributed by atoms with Crippen LogP contribution in [-0.2, 0) is 0 Å². The first-order valence-electron chi connectivity index (χ1n) is 8.85. The van der Waals surface area contributed by atoms with Crippen molar-refractivity contribution in [3.8, 4) is 17.0 Å². The maximum atomic E-state index is 13.6. The summed E-state index contributed by atoms with van der Waals surface area (Å²) in [6.45, 7) is 0. The Morgan fingerprint density at radius 3 is 2.57 bits per heavy atom. The third-order valence-corrected chi connectivity index (χ3v) is 5.26. The standard InChI is InChI=1S/C21H12ClFN4O3/c1-30-12-5-2-10(3-6-12)18-17-16-13(9-24-19(17)26-25-18)20(28)27(21(16)29)11-4-7-15(23)14(22)8-11/h2-9H,1H3,(H,24,25,26). The number of ether oxygens (including phenoxy) is 1. The number of aromatic nitrogens is 3. The lowest BCUT2D eigenvalue weighted by Crippen LogP contribution is -2.29.